The summed E-state index contributed by atoms with van der Waals surface area (Å²) in [6, 6.07) is 19.9. The molecule has 0 saturated heterocycles. The van der Waals surface area contributed by atoms with E-state index in [2.05, 4.69) is 34.3 Å². The van der Waals surface area contributed by atoms with Crippen LogP contribution in [-0.4, -0.2) is 21.5 Å². The number of hydrogen-bond donors (Lipinski definition) is 1. The third-order valence-corrected chi connectivity index (χ3v) is 5.07. The quantitative estimate of drug-likeness (QED) is 0.656. The highest BCUT2D eigenvalue weighted by Gasteiger charge is 2.32. The van der Waals surface area contributed by atoms with E-state index in [0.717, 1.165) is 22.5 Å². The predicted octanol–water partition coefficient (Wildman–Crippen LogP) is 5.15. The lowest BCUT2D eigenvalue weighted by molar-refractivity contribution is 0.178. The van der Waals surface area contributed by atoms with Gasteiger partial charge in [0.25, 0.3) is 0 Å². The fourth-order valence-electron chi connectivity index (χ4n) is 3.67. The fraction of sp³-hybridized carbons (Fsp3) is 0.227. The van der Waals surface area contributed by atoms with Gasteiger partial charge in [0.1, 0.15) is 0 Å². The highest BCUT2D eigenvalue weighted by molar-refractivity contribution is 6.30. The van der Waals surface area contributed by atoms with Crippen molar-refractivity contribution >= 4 is 17.6 Å². The summed E-state index contributed by atoms with van der Waals surface area (Å²) in [5.74, 6) is 0. The van der Waals surface area contributed by atoms with Crippen LogP contribution in [0.2, 0.25) is 5.02 Å². The van der Waals surface area contributed by atoms with Crippen LogP contribution in [0.4, 0.5) is 4.79 Å². The molecule has 1 aliphatic heterocycles. The van der Waals surface area contributed by atoms with E-state index in [-0.39, 0.29) is 18.1 Å². The van der Waals surface area contributed by atoms with Crippen LogP contribution in [0.25, 0.3) is 5.69 Å². The molecule has 1 atom stereocenters. The number of aromatic nitrogens is 1. The first-order valence-electron chi connectivity index (χ1n) is 9.12. The molecule has 5 heteroatoms. The molecule has 0 radical (unpaired) electrons. The molecule has 0 saturated carbocycles. The van der Waals surface area contributed by atoms with Crippen LogP contribution in [0.5, 0.6) is 0 Å². The lowest BCUT2D eigenvalue weighted by atomic mass is 10.0. The molecule has 0 unspecified atom stereocenters. The lowest BCUT2D eigenvalue weighted by Crippen LogP contribution is -2.44. The molecule has 2 amide bonds. The molecule has 0 bridgehead atoms. The van der Waals surface area contributed by atoms with Gasteiger partial charge in [-0.3, -0.25) is 0 Å². The van der Waals surface area contributed by atoms with Gasteiger partial charge in [0.2, 0.25) is 0 Å². The van der Waals surface area contributed by atoms with Crippen LogP contribution in [0, 0.1) is 0 Å². The number of carbonyl (C=O) groups excluding carboxylic acids is 1. The molecule has 1 aromatic heterocycles. The normalized spacial score (nSPS) is 15.9. The van der Waals surface area contributed by atoms with Gasteiger partial charge in [0.05, 0.1) is 18.3 Å². The maximum absolute atomic E-state index is 13.1. The van der Waals surface area contributed by atoms with Gasteiger partial charge in [-0.15, -0.1) is 0 Å². The van der Waals surface area contributed by atoms with Gasteiger partial charge in [0, 0.05) is 23.0 Å². The number of urea groups is 1. The molecule has 0 aliphatic carbocycles. The van der Waals surface area contributed by atoms with Gasteiger partial charge in [0.15, 0.2) is 0 Å². The molecule has 1 N–H and O–H groups in total. The van der Waals surface area contributed by atoms with Crippen LogP contribution < -0.4 is 5.32 Å². The van der Waals surface area contributed by atoms with Crippen molar-refractivity contribution in [3.63, 3.8) is 0 Å². The Labute approximate surface area is 164 Å². The summed E-state index contributed by atoms with van der Waals surface area (Å²) in [7, 11) is 0. The second kappa shape index (κ2) is 7.12. The van der Waals surface area contributed by atoms with E-state index >= 15 is 0 Å². The Morgan fingerprint density at radius 2 is 1.81 bits per heavy atom. The molecule has 2 aromatic carbocycles. The highest BCUT2D eigenvalue weighted by Crippen LogP contribution is 2.36. The number of hydrogen-bond acceptors (Lipinski definition) is 1. The molecular formula is C22H22ClN3O. The Hall–Kier alpha value is -2.72. The Balaban J connectivity index is 1.89. The van der Waals surface area contributed by atoms with E-state index in [1.807, 2.05) is 61.2 Å². The minimum atomic E-state index is -0.205. The molecular weight excluding hydrogens is 358 g/mol. The summed E-state index contributed by atoms with van der Waals surface area (Å²) >= 11 is 6.10. The van der Waals surface area contributed by atoms with Gasteiger partial charge in [-0.05, 0) is 55.3 Å². The number of nitrogens with one attached hydrogen (secondary N) is 1. The monoisotopic (exact) mass is 379 g/mol. The first-order chi connectivity index (χ1) is 13.0. The zero-order chi connectivity index (χ0) is 19.0. The molecule has 1 aliphatic rings. The van der Waals surface area contributed by atoms with E-state index in [1.54, 1.807) is 0 Å². The van der Waals surface area contributed by atoms with Crippen molar-refractivity contribution in [1.29, 1.82) is 0 Å². The minimum Gasteiger partial charge on any atom is -0.336 e. The second-order valence-electron chi connectivity index (χ2n) is 7.12. The summed E-state index contributed by atoms with van der Waals surface area (Å²) in [6.45, 7) is 4.48. The average molecular weight is 380 g/mol. The maximum atomic E-state index is 13.1. The number of nitrogens with zero attached hydrogens (tertiary/aromatic N) is 2. The Morgan fingerprint density at radius 1 is 1.07 bits per heavy atom. The summed E-state index contributed by atoms with van der Waals surface area (Å²) < 4.78 is 2.18. The maximum Gasteiger partial charge on any atom is 0.318 e. The SMILES string of the molecule is CC(C)NC(=O)N1Cc2ccccc2-n2cccc2[C@H]1c1ccc(Cl)cc1. The summed E-state index contributed by atoms with van der Waals surface area (Å²) in [4.78, 5) is 15.0. The van der Waals surface area contributed by atoms with Gasteiger partial charge >= 0.3 is 6.03 Å². The minimum absolute atomic E-state index is 0.0636. The number of fused-ring (bicyclic) bond motifs is 3. The summed E-state index contributed by atoms with van der Waals surface area (Å²) in [5.41, 5.74) is 4.31. The molecule has 138 valence electrons. The van der Waals surface area contributed by atoms with Crippen molar-refractivity contribution in [2.45, 2.75) is 32.5 Å². The largest absolute Gasteiger partial charge is 0.336 e. The Bertz CT molecular complexity index is 962. The van der Waals surface area contributed by atoms with Crippen LogP contribution in [-0.2, 0) is 6.54 Å². The van der Waals surface area contributed by atoms with E-state index in [4.69, 9.17) is 11.6 Å². The van der Waals surface area contributed by atoms with Gasteiger partial charge in [-0.25, -0.2) is 4.79 Å². The lowest BCUT2D eigenvalue weighted by Gasteiger charge is -2.31. The molecule has 0 spiro atoms. The van der Waals surface area contributed by atoms with Crippen molar-refractivity contribution in [1.82, 2.24) is 14.8 Å². The number of amides is 2. The van der Waals surface area contributed by atoms with Crippen LogP contribution in [0.15, 0.2) is 66.9 Å². The average Bonchev–Trinajstić information content (AvgIpc) is 3.06. The zero-order valence-corrected chi connectivity index (χ0v) is 16.1. The standard InChI is InChI=1S/C22H22ClN3O/c1-15(2)24-22(27)26-14-17-6-3-4-7-19(17)25-13-5-8-20(25)21(26)16-9-11-18(23)12-10-16/h3-13,15,21H,14H2,1-2H3,(H,24,27)/t21-/m1/s1. The van der Waals surface area contributed by atoms with E-state index in [9.17, 15) is 4.79 Å². The summed E-state index contributed by atoms with van der Waals surface area (Å²) in [6.07, 6.45) is 2.06. The number of benzene rings is 2. The molecule has 27 heavy (non-hydrogen) atoms. The molecule has 4 rings (SSSR count). The zero-order valence-electron chi connectivity index (χ0n) is 15.4. The molecule has 2 heterocycles. The van der Waals surface area contributed by atoms with Crippen LogP contribution in [0.1, 0.15) is 36.7 Å². The van der Waals surface area contributed by atoms with Gasteiger partial charge in [-0.1, -0.05) is 41.9 Å². The number of carbonyl (C=O) groups is 1. The second-order valence-corrected chi connectivity index (χ2v) is 7.55. The summed E-state index contributed by atoms with van der Waals surface area (Å²) in [5, 5.41) is 3.74. The number of halogens is 1. The smallest absolute Gasteiger partial charge is 0.318 e. The van der Waals surface area contributed by atoms with E-state index < -0.39 is 0 Å². The molecule has 4 nitrogen and oxygen atoms in total. The van der Waals surface area contributed by atoms with E-state index in [1.165, 1.54) is 0 Å². The first kappa shape index (κ1) is 17.7. The van der Waals surface area contributed by atoms with Crippen molar-refractivity contribution in [2.24, 2.45) is 0 Å². The third kappa shape index (κ3) is 3.33. The fourth-order valence-corrected chi connectivity index (χ4v) is 3.79. The number of para-hydroxylation sites is 1. The first-order valence-corrected chi connectivity index (χ1v) is 9.50. The van der Waals surface area contributed by atoms with Crippen molar-refractivity contribution in [3.05, 3.63) is 88.7 Å². The van der Waals surface area contributed by atoms with Gasteiger partial charge < -0.3 is 14.8 Å². The Kier molecular flexibility index (Phi) is 4.66. The van der Waals surface area contributed by atoms with Crippen molar-refractivity contribution in [3.8, 4) is 5.69 Å². The highest BCUT2D eigenvalue weighted by atomic mass is 35.5. The van der Waals surface area contributed by atoms with Crippen molar-refractivity contribution in [2.75, 3.05) is 0 Å². The van der Waals surface area contributed by atoms with Crippen LogP contribution >= 0.6 is 11.6 Å². The molecule has 3 aromatic rings. The topological polar surface area (TPSA) is 37.3 Å². The number of rotatable bonds is 2. The van der Waals surface area contributed by atoms with Gasteiger partial charge in [-0.2, -0.15) is 0 Å². The van der Waals surface area contributed by atoms with Crippen LogP contribution in [0.3, 0.4) is 0 Å². The molecule has 0 fully saturated rings. The van der Waals surface area contributed by atoms with Crippen molar-refractivity contribution < 1.29 is 4.79 Å². The Morgan fingerprint density at radius 3 is 2.56 bits per heavy atom. The third-order valence-electron chi connectivity index (χ3n) is 4.82. The predicted molar refractivity (Wildman–Crippen MR) is 108 cm³/mol. The van der Waals surface area contributed by atoms with E-state index in [0.29, 0.717) is 11.6 Å².